The zero-order chi connectivity index (χ0) is 16.1. The van der Waals surface area contributed by atoms with Crippen molar-refractivity contribution in [2.45, 2.75) is 13.5 Å². The van der Waals surface area contributed by atoms with E-state index in [1.54, 1.807) is 12.3 Å². The van der Waals surface area contributed by atoms with E-state index in [0.29, 0.717) is 5.69 Å². The van der Waals surface area contributed by atoms with Crippen LogP contribution in [0.3, 0.4) is 0 Å². The average Bonchev–Trinajstić information content (AvgIpc) is 2.58. The van der Waals surface area contributed by atoms with Gasteiger partial charge in [-0.25, -0.2) is 9.78 Å². The summed E-state index contributed by atoms with van der Waals surface area (Å²) in [7, 11) is 0. The average molecular weight is 304 g/mol. The van der Waals surface area contributed by atoms with Crippen molar-refractivity contribution in [2.75, 3.05) is 0 Å². The molecule has 0 amide bonds. The van der Waals surface area contributed by atoms with Gasteiger partial charge >= 0.3 is 5.97 Å². The Hall–Kier alpha value is -3.01. The lowest BCUT2D eigenvalue weighted by Crippen LogP contribution is -2.01. The van der Waals surface area contributed by atoms with Gasteiger partial charge in [0.15, 0.2) is 0 Å². The molecule has 0 saturated carbocycles. The molecule has 0 unspecified atom stereocenters. The number of carbonyl (C=O) groups is 1. The molecule has 3 rings (SSSR count). The van der Waals surface area contributed by atoms with Crippen LogP contribution in [0.2, 0.25) is 0 Å². The molecule has 0 atom stereocenters. The predicted molar refractivity (Wildman–Crippen MR) is 89.5 cm³/mol. The third-order valence-electron chi connectivity index (χ3n) is 3.32. The highest BCUT2D eigenvalue weighted by Gasteiger charge is 2.01. The first kappa shape index (κ1) is 14.9. The second-order valence-electron chi connectivity index (χ2n) is 5.21. The maximum Gasteiger partial charge on any atom is 0.331 e. The van der Waals surface area contributed by atoms with Crippen molar-refractivity contribution in [3.8, 4) is 0 Å². The lowest BCUT2D eigenvalue weighted by Gasteiger charge is -2.03. The highest BCUT2D eigenvalue weighted by atomic mass is 16.5. The fraction of sp³-hybridized carbons (Fsp3) is 0.105. The Morgan fingerprint density at radius 2 is 1.96 bits per heavy atom. The Kier molecular flexibility index (Phi) is 4.43. The topological polar surface area (TPSA) is 52.1 Å². The molecule has 114 valence electrons. The van der Waals surface area contributed by atoms with Gasteiger partial charge in [-0.3, -0.25) is 4.98 Å². The van der Waals surface area contributed by atoms with Crippen LogP contribution in [0.25, 0.3) is 17.1 Å². The van der Waals surface area contributed by atoms with Crippen LogP contribution in [-0.4, -0.2) is 15.9 Å². The largest absolute Gasteiger partial charge is 0.458 e. The van der Waals surface area contributed by atoms with Gasteiger partial charge in [-0.2, -0.15) is 0 Å². The summed E-state index contributed by atoms with van der Waals surface area (Å²) in [6, 6.07) is 15.5. The molecule has 0 aliphatic heterocycles. The number of hydrogen-bond acceptors (Lipinski definition) is 4. The van der Waals surface area contributed by atoms with E-state index in [4.69, 9.17) is 4.74 Å². The second-order valence-corrected chi connectivity index (χ2v) is 5.21. The molecule has 0 fully saturated rings. The number of para-hydroxylation sites is 2. The van der Waals surface area contributed by atoms with Gasteiger partial charge in [0.2, 0.25) is 0 Å². The van der Waals surface area contributed by atoms with Gasteiger partial charge in [-0.05, 0) is 30.7 Å². The van der Waals surface area contributed by atoms with Gasteiger partial charge in [0.25, 0.3) is 0 Å². The van der Waals surface area contributed by atoms with Crippen molar-refractivity contribution in [3.05, 3.63) is 77.6 Å². The standard InChI is InChI=1S/C19H16N2O2/c1-14-5-4-6-15(11-14)13-23-19(22)10-9-16-12-20-17-7-2-3-8-18(17)21-16/h2-12H,13H2,1H3/b10-9+. The van der Waals surface area contributed by atoms with E-state index in [2.05, 4.69) is 9.97 Å². The molecule has 0 aliphatic carbocycles. The van der Waals surface area contributed by atoms with Crippen molar-refractivity contribution < 1.29 is 9.53 Å². The zero-order valence-electron chi connectivity index (χ0n) is 12.8. The number of aromatic nitrogens is 2. The molecule has 0 radical (unpaired) electrons. The van der Waals surface area contributed by atoms with Gasteiger partial charge in [0.05, 0.1) is 22.9 Å². The van der Waals surface area contributed by atoms with Crippen LogP contribution in [-0.2, 0) is 16.1 Å². The number of carbonyl (C=O) groups excluding carboxylic acids is 1. The molecular weight excluding hydrogens is 288 g/mol. The molecule has 4 heteroatoms. The molecule has 2 aromatic carbocycles. The summed E-state index contributed by atoms with van der Waals surface area (Å²) in [5.74, 6) is -0.401. The predicted octanol–water partition coefficient (Wildman–Crippen LogP) is 3.69. The Balaban J connectivity index is 1.63. The van der Waals surface area contributed by atoms with Crippen LogP contribution in [0, 0.1) is 6.92 Å². The number of esters is 1. The molecule has 0 N–H and O–H groups in total. The third-order valence-corrected chi connectivity index (χ3v) is 3.32. The van der Waals surface area contributed by atoms with E-state index < -0.39 is 5.97 Å². The van der Waals surface area contributed by atoms with E-state index in [9.17, 15) is 4.79 Å². The number of nitrogens with zero attached hydrogens (tertiary/aromatic N) is 2. The lowest BCUT2D eigenvalue weighted by atomic mass is 10.1. The second kappa shape index (κ2) is 6.83. The number of hydrogen-bond donors (Lipinski definition) is 0. The summed E-state index contributed by atoms with van der Waals surface area (Å²) < 4.78 is 5.22. The Morgan fingerprint density at radius 1 is 1.13 bits per heavy atom. The zero-order valence-corrected chi connectivity index (χ0v) is 12.8. The van der Waals surface area contributed by atoms with E-state index in [0.717, 1.165) is 22.2 Å². The third kappa shape index (κ3) is 4.01. The summed E-state index contributed by atoms with van der Waals surface area (Å²) in [6.45, 7) is 2.26. The van der Waals surface area contributed by atoms with Crippen molar-refractivity contribution in [3.63, 3.8) is 0 Å². The molecule has 0 saturated heterocycles. The SMILES string of the molecule is Cc1cccc(COC(=O)/C=C/c2cnc3ccccc3n2)c1. The minimum Gasteiger partial charge on any atom is -0.458 e. The highest BCUT2D eigenvalue weighted by molar-refractivity contribution is 5.87. The van der Waals surface area contributed by atoms with Crippen LogP contribution in [0.15, 0.2) is 60.8 Å². The minimum atomic E-state index is -0.401. The molecular formula is C19H16N2O2. The normalized spacial score (nSPS) is 11.0. The van der Waals surface area contributed by atoms with E-state index in [1.165, 1.54) is 6.08 Å². The van der Waals surface area contributed by atoms with Crippen molar-refractivity contribution in [1.82, 2.24) is 9.97 Å². The molecule has 1 heterocycles. The number of ether oxygens (including phenoxy) is 1. The fourth-order valence-electron chi connectivity index (χ4n) is 2.21. The molecule has 0 bridgehead atoms. The highest BCUT2D eigenvalue weighted by Crippen LogP contribution is 2.10. The Morgan fingerprint density at radius 3 is 2.78 bits per heavy atom. The van der Waals surface area contributed by atoms with Crippen LogP contribution in [0.1, 0.15) is 16.8 Å². The Bertz CT molecular complexity index is 872. The first-order chi connectivity index (χ1) is 11.2. The maximum atomic E-state index is 11.8. The monoisotopic (exact) mass is 304 g/mol. The van der Waals surface area contributed by atoms with Crippen molar-refractivity contribution in [1.29, 1.82) is 0 Å². The summed E-state index contributed by atoms with van der Waals surface area (Å²) in [6.07, 6.45) is 4.61. The summed E-state index contributed by atoms with van der Waals surface area (Å²) in [5.41, 5.74) is 4.35. The first-order valence-corrected chi connectivity index (χ1v) is 7.33. The van der Waals surface area contributed by atoms with E-state index in [1.807, 2.05) is 55.5 Å². The fourth-order valence-corrected chi connectivity index (χ4v) is 2.21. The molecule has 0 spiro atoms. The van der Waals surface area contributed by atoms with Crippen molar-refractivity contribution in [2.24, 2.45) is 0 Å². The summed E-state index contributed by atoms with van der Waals surface area (Å²) >= 11 is 0. The minimum absolute atomic E-state index is 0.258. The summed E-state index contributed by atoms with van der Waals surface area (Å²) in [5, 5.41) is 0. The molecule has 1 aromatic heterocycles. The number of benzene rings is 2. The van der Waals surface area contributed by atoms with E-state index >= 15 is 0 Å². The van der Waals surface area contributed by atoms with Crippen LogP contribution in [0.5, 0.6) is 0 Å². The molecule has 0 aliphatic rings. The van der Waals surface area contributed by atoms with Gasteiger partial charge in [-0.15, -0.1) is 0 Å². The van der Waals surface area contributed by atoms with Crippen LogP contribution in [0.4, 0.5) is 0 Å². The lowest BCUT2D eigenvalue weighted by molar-refractivity contribution is -0.138. The van der Waals surface area contributed by atoms with E-state index in [-0.39, 0.29) is 6.61 Å². The van der Waals surface area contributed by atoms with Crippen LogP contribution >= 0.6 is 0 Å². The van der Waals surface area contributed by atoms with Gasteiger partial charge in [0, 0.05) is 6.08 Å². The number of fused-ring (bicyclic) bond motifs is 1. The van der Waals surface area contributed by atoms with Gasteiger partial charge < -0.3 is 4.74 Å². The first-order valence-electron chi connectivity index (χ1n) is 7.33. The Labute approximate surface area is 134 Å². The molecule has 23 heavy (non-hydrogen) atoms. The smallest absolute Gasteiger partial charge is 0.331 e. The van der Waals surface area contributed by atoms with Crippen molar-refractivity contribution >= 4 is 23.1 Å². The maximum absolute atomic E-state index is 11.8. The number of rotatable bonds is 4. The van der Waals surface area contributed by atoms with Crippen LogP contribution < -0.4 is 0 Å². The quantitative estimate of drug-likeness (QED) is 0.545. The molecule has 3 aromatic rings. The molecule has 4 nitrogen and oxygen atoms in total. The summed E-state index contributed by atoms with van der Waals surface area (Å²) in [4.78, 5) is 20.5. The van der Waals surface area contributed by atoms with Gasteiger partial charge in [-0.1, -0.05) is 42.0 Å². The van der Waals surface area contributed by atoms with Gasteiger partial charge in [0.1, 0.15) is 6.61 Å². The number of aryl methyl sites for hydroxylation is 1.